The van der Waals surface area contributed by atoms with Gasteiger partial charge in [-0.2, -0.15) is 0 Å². The SMILES string of the molecule is Cc1cn([C@H]2C[C@H](N=[N+]=[N-])[C@@H](CO)O2)c(=O)n(CCNc2ccnc3cc(Cl)ccc23)c1=O. The third kappa shape index (κ3) is 4.57. The molecule has 1 saturated heterocycles. The van der Waals surface area contributed by atoms with E-state index in [0.717, 1.165) is 21.2 Å². The van der Waals surface area contributed by atoms with Crippen molar-refractivity contribution in [1.82, 2.24) is 14.1 Å². The molecule has 3 atom stereocenters. The number of pyridine rings is 1. The highest BCUT2D eigenvalue weighted by molar-refractivity contribution is 6.31. The highest BCUT2D eigenvalue weighted by atomic mass is 35.5. The minimum absolute atomic E-state index is 0.118. The van der Waals surface area contributed by atoms with Gasteiger partial charge in [0, 0.05) is 58.5 Å². The lowest BCUT2D eigenvalue weighted by molar-refractivity contribution is -0.0277. The number of hydrogen-bond donors (Lipinski definition) is 2. The van der Waals surface area contributed by atoms with Crippen molar-refractivity contribution >= 4 is 28.2 Å². The molecule has 1 aliphatic rings. The molecule has 4 rings (SSSR count). The number of benzene rings is 1. The van der Waals surface area contributed by atoms with Gasteiger partial charge in [0.15, 0.2) is 0 Å². The second kappa shape index (κ2) is 9.63. The second-order valence-corrected chi connectivity index (χ2v) is 8.16. The van der Waals surface area contributed by atoms with E-state index in [2.05, 4.69) is 20.3 Å². The Bertz CT molecular complexity index is 1350. The molecular formula is C21H22ClN7O4. The summed E-state index contributed by atoms with van der Waals surface area (Å²) in [7, 11) is 0. The average Bonchev–Trinajstić information content (AvgIpc) is 3.21. The largest absolute Gasteiger partial charge is 0.394 e. The van der Waals surface area contributed by atoms with Gasteiger partial charge in [-0.05, 0) is 36.7 Å². The fourth-order valence-corrected chi connectivity index (χ4v) is 4.14. The molecular weight excluding hydrogens is 450 g/mol. The van der Waals surface area contributed by atoms with Crippen molar-refractivity contribution < 1.29 is 9.84 Å². The van der Waals surface area contributed by atoms with Crippen molar-refractivity contribution in [1.29, 1.82) is 0 Å². The highest BCUT2D eigenvalue weighted by Gasteiger charge is 2.36. The number of aliphatic hydroxyl groups is 1. The zero-order valence-corrected chi connectivity index (χ0v) is 18.5. The number of anilines is 1. The minimum Gasteiger partial charge on any atom is -0.394 e. The van der Waals surface area contributed by atoms with Crippen LogP contribution in [-0.2, 0) is 11.3 Å². The molecule has 0 bridgehead atoms. The maximum atomic E-state index is 13.1. The zero-order chi connectivity index (χ0) is 23.5. The van der Waals surface area contributed by atoms with Gasteiger partial charge in [0.1, 0.15) is 6.23 Å². The van der Waals surface area contributed by atoms with Gasteiger partial charge < -0.3 is 15.2 Å². The van der Waals surface area contributed by atoms with Crippen molar-refractivity contribution in [2.75, 3.05) is 18.5 Å². The van der Waals surface area contributed by atoms with Crippen molar-refractivity contribution in [3.63, 3.8) is 0 Å². The summed E-state index contributed by atoms with van der Waals surface area (Å²) >= 11 is 6.04. The molecule has 0 amide bonds. The lowest BCUT2D eigenvalue weighted by Crippen LogP contribution is -2.43. The molecule has 1 aliphatic heterocycles. The number of ether oxygens (including phenoxy) is 1. The maximum absolute atomic E-state index is 13.1. The van der Waals surface area contributed by atoms with E-state index in [0.29, 0.717) is 17.1 Å². The molecule has 1 fully saturated rings. The summed E-state index contributed by atoms with van der Waals surface area (Å²) in [4.78, 5) is 32.9. The third-order valence-corrected chi connectivity index (χ3v) is 5.85. The number of nitrogens with one attached hydrogen (secondary N) is 1. The molecule has 0 unspecified atom stereocenters. The Hall–Kier alpha value is -3.37. The first-order valence-electron chi connectivity index (χ1n) is 10.3. The minimum atomic E-state index is -0.752. The lowest BCUT2D eigenvalue weighted by atomic mass is 10.1. The number of nitrogens with zero attached hydrogens (tertiary/aromatic N) is 6. The number of aryl methyl sites for hydroxylation is 1. The molecule has 3 heterocycles. The predicted octanol–water partition coefficient (Wildman–Crippen LogP) is 2.59. The van der Waals surface area contributed by atoms with Crippen LogP contribution in [-0.4, -0.2) is 44.5 Å². The van der Waals surface area contributed by atoms with Crippen LogP contribution in [0, 0.1) is 6.92 Å². The average molecular weight is 472 g/mol. The molecule has 0 spiro atoms. The lowest BCUT2D eigenvalue weighted by Gasteiger charge is -2.18. The smallest absolute Gasteiger partial charge is 0.333 e. The predicted molar refractivity (Wildman–Crippen MR) is 123 cm³/mol. The summed E-state index contributed by atoms with van der Waals surface area (Å²) in [5, 5.41) is 17.8. The number of aliphatic hydroxyl groups excluding tert-OH is 1. The van der Waals surface area contributed by atoms with Crippen LogP contribution in [0.4, 0.5) is 5.69 Å². The Kier molecular flexibility index (Phi) is 6.66. The van der Waals surface area contributed by atoms with Crippen LogP contribution >= 0.6 is 11.6 Å². The topological polar surface area (TPSA) is 147 Å². The fourth-order valence-electron chi connectivity index (χ4n) is 3.98. The second-order valence-electron chi connectivity index (χ2n) is 7.73. The van der Waals surface area contributed by atoms with E-state index in [1.54, 1.807) is 25.3 Å². The molecule has 11 nitrogen and oxygen atoms in total. The Morgan fingerprint density at radius 1 is 1.39 bits per heavy atom. The van der Waals surface area contributed by atoms with Gasteiger partial charge in [-0.3, -0.25) is 18.9 Å². The number of rotatable bonds is 7. The molecule has 0 radical (unpaired) electrons. The van der Waals surface area contributed by atoms with Crippen molar-refractivity contribution in [3.05, 3.63) is 78.5 Å². The first kappa shape index (κ1) is 22.8. The van der Waals surface area contributed by atoms with Gasteiger partial charge in [0.05, 0.1) is 24.3 Å². The monoisotopic (exact) mass is 471 g/mol. The summed E-state index contributed by atoms with van der Waals surface area (Å²) in [5.74, 6) is 0. The summed E-state index contributed by atoms with van der Waals surface area (Å²) in [5.41, 5.74) is 9.71. The van der Waals surface area contributed by atoms with Gasteiger partial charge in [0.25, 0.3) is 5.56 Å². The van der Waals surface area contributed by atoms with E-state index in [-0.39, 0.29) is 19.6 Å². The first-order chi connectivity index (χ1) is 15.9. The first-order valence-corrected chi connectivity index (χ1v) is 10.7. The number of azide groups is 1. The molecule has 172 valence electrons. The van der Waals surface area contributed by atoms with Crippen LogP contribution in [0.3, 0.4) is 0 Å². The zero-order valence-electron chi connectivity index (χ0n) is 17.8. The molecule has 3 aromatic rings. The maximum Gasteiger partial charge on any atom is 0.333 e. The van der Waals surface area contributed by atoms with E-state index in [1.165, 1.54) is 10.8 Å². The highest BCUT2D eigenvalue weighted by Crippen LogP contribution is 2.30. The number of aromatic nitrogens is 3. The molecule has 0 saturated carbocycles. The van der Waals surface area contributed by atoms with Crippen LogP contribution in [0.25, 0.3) is 21.3 Å². The van der Waals surface area contributed by atoms with Gasteiger partial charge >= 0.3 is 5.69 Å². The molecule has 0 aliphatic carbocycles. The molecule has 12 heteroatoms. The van der Waals surface area contributed by atoms with Crippen molar-refractivity contribution in [2.45, 2.75) is 38.3 Å². The molecule has 2 N–H and O–H groups in total. The van der Waals surface area contributed by atoms with Crippen LogP contribution < -0.4 is 16.6 Å². The molecule has 1 aromatic carbocycles. The van der Waals surface area contributed by atoms with E-state index in [9.17, 15) is 14.7 Å². The molecule has 33 heavy (non-hydrogen) atoms. The van der Waals surface area contributed by atoms with Gasteiger partial charge in [-0.25, -0.2) is 4.79 Å². The summed E-state index contributed by atoms with van der Waals surface area (Å²) in [6, 6.07) is 6.59. The van der Waals surface area contributed by atoms with E-state index >= 15 is 0 Å². The van der Waals surface area contributed by atoms with Crippen molar-refractivity contribution in [2.24, 2.45) is 5.11 Å². The summed E-state index contributed by atoms with van der Waals surface area (Å²) < 4.78 is 8.18. The van der Waals surface area contributed by atoms with Gasteiger partial charge in [-0.15, -0.1) is 0 Å². The Morgan fingerprint density at radius 3 is 2.97 bits per heavy atom. The molecule has 2 aromatic heterocycles. The van der Waals surface area contributed by atoms with E-state index < -0.39 is 29.6 Å². The number of halogens is 1. The van der Waals surface area contributed by atoms with Crippen LogP contribution in [0.2, 0.25) is 5.02 Å². The normalized spacial score (nSPS) is 20.0. The Morgan fingerprint density at radius 2 is 2.21 bits per heavy atom. The Labute approximate surface area is 192 Å². The van der Waals surface area contributed by atoms with Gasteiger partial charge in [-0.1, -0.05) is 16.7 Å². The summed E-state index contributed by atoms with van der Waals surface area (Å²) in [6.07, 6.45) is 1.84. The fraction of sp³-hybridized carbons (Fsp3) is 0.381. The third-order valence-electron chi connectivity index (χ3n) is 5.62. The Balaban J connectivity index is 1.57. The van der Waals surface area contributed by atoms with Crippen LogP contribution in [0.15, 0.2) is 51.4 Å². The summed E-state index contributed by atoms with van der Waals surface area (Å²) in [6.45, 7) is 1.70. The quantitative estimate of drug-likeness (QED) is 0.307. The van der Waals surface area contributed by atoms with Crippen molar-refractivity contribution in [3.8, 4) is 0 Å². The van der Waals surface area contributed by atoms with Crippen LogP contribution in [0.1, 0.15) is 18.2 Å². The van der Waals surface area contributed by atoms with E-state index in [4.69, 9.17) is 21.9 Å². The van der Waals surface area contributed by atoms with E-state index in [1.807, 2.05) is 12.1 Å². The standard InChI is InChI=1S/C21H22ClN7O4/c1-12-10-29(19-9-17(26-27-23)18(11-30)33-19)21(32)28(20(12)31)7-6-25-15-4-5-24-16-8-13(22)2-3-14(15)16/h2-5,8,10,17-19,30H,6-7,9,11H2,1H3,(H,24,25)/t17-,18+,19+/m0/s1. The number of hydrogen-bond acceptors (Lipinski definition) is 7. The van der Waals surface area contributed by atoms with Gasteiger partial charge in [0.2, 0.25) is 0 Å². The van der Waals surface area contributed by atoms with Crippen LogP contribution in [0.5, 0.6) is 0 Å². The number of fused-ring (bicyclic) bond motifs is 1.